The van der Waals surface area contributed by atoms with Crippen LogP contribution in [0.4, 0.5) is 0 Å². The van der Waals surface area contributed by atoms with Crippen LogP contribution >= 0.6 is 0 Å². The molecule has 6 nitrogen and oxygen atoms in total. The predicted molar refractivity (Wildman–Crippen MR) is 64.2 cm³/mol. The molecule has 0 saturated heterocycles. The summed E-state index contributed by atoms with van der Waals surface area (Å²) in [4.78, 5) is 6.73. The maximum atomic E-state index is 11.9. The van der Waals surface area contributed by atoms with Gasteiger partial charge in [-0.2, -0.15) is 0 Å². The average molecular weight is 261 g/mol. The minimum absolute atomic E-state index is 0.0951. The number of rotatable bonds is 7. The molecule has 0 aliphatic rings. The Morgan fingerprint density at radius 2 is 2.24 bits per heavy atom. The van der Waals surface area contributed by atoms with Gasteiger partial charge in [-0.1, -0.05) is 6.92 Å². The molecular formula is C10H19N3O3S. The topological polar surface area (TPSA) is 84.1 Å². The van der Waals surface area contributed by atoms with Crippen LogP contribution < -0.4 is 4.72 Å². The van der Waals surface area contributed by atoms with Gasteiger partial charge in [-0.3, -0.25) is 0 Å². The Morgan fingerprint density at radius 1 is 1.53 bits per heavy atom. The first kappa shape index (κ1) is 14.1. The molecule has 0 radical (unpaired) electrons. The Hall–Kier alpha value is -0.920. The van der Waals surface area contributed by atoms with Gasteiger partial charge in [0.15, 0.2) is 5.03 Å². The van der Waals surface area contributed by atoms with Gasteiger partial charge in [-0.25, -0.2) is 18.1 Å². The van der Waals surface area contributed by atoms with Crippen molar-refractivity contribution >= 4 is 10.0 Å². The fraction of sp³-hybridized carbons (Fsp3) is 0.700. The van der Waals surface area contributed by atoms with E-state index < -0.39 is 10.0 Å². The van der Waals surface area contributed by atoms with E-state index in [4.69, 9.17) is 4.74 Å². The highest BCUT2D eigenvalue weighted by molar-refractivity contribution is 7.89. The van der Waals surface area contributed by atoms with Gasteiger partial charge in [0.2, 0.25) is 0 Å². The third-order valence-electron chi connectivity index (χ3n) is 2.16. The molecule has 17 heavy (non-hydrogen) atoms. The largest absolute Gasteiger partial charge is 0.380 e. The lowest BCUT2D eigenvalue weighted by atomic mass is 10.4. The van der Waals surface area contributed by atoms with E-state index in [0.717, 1.165) is 0 Å². The van der Waals surface area contributed by atoms with Gasteiger partial charge >= 0.3 is 0 Å². The summed E-state index contributed by atoms with van der Waals surface area (Å²) < 4.78 is 31.5. The standard InChI is InChI=1S/C10H19N3O3S/c1-4-9-11-6-10(12-9)17(14,15)13-8(3)7-16-5-2/h6,8,13H,4-5,7H2,1-3H3,(H,11,12). The highest BCUT2D eigenvalue weighted by Gasteiger charge is 2.19. The summed E-state index contributed by atoms with van der Waals surface area (Å²) >= 11 is 0. The Bertz CT molecular complexity index is 441. The summed E-state index contributed by atoms with van der Waals surface area (Å²) in [7, 11) is -3.53. The van der Waals surface area contributed by atoms with Crippen LogP contribution in [0.1, 0.15) is 26.6 Å². The van der Waals surface area contributed by atoms with Crippen molar-refractivity contribution in [2.45, 2.75) is 38.3 Å². The number of ether oxygens (including phenoxy) is 1. The molecule has 1 aromatic heterocycles. The fourth-order valence-electron chi connectivity index (χ4n) is 1.32. The second-order valence-corrected chi connectivity index (χ2v) is 5.41. The maximum absolute atomic E-state index is 11.9. The molecule has 1 unspecified atom stereocenters. The van der Waals surface area contributed by atoms with Crippen LogP contribution in [0.25, 0.3) is 0 Å². The fourth-order valence-corrected chi connectivity index (χ4v) is 2.48. The van der Waals surface area contributed by atoms with Crippen molar-refractivity contribution in [3.63, 3.8) is 0 Å². The summed E-state index contributed by atoms with van der Waals surface area (Å²) in [6.45, 7) is 6.44. The van der Waals surface area contributed by atoms with Crippen LogP contribution in [0, 0.1) is 0 Å². The number of aryl methyl sites for hydroxylation is 1. The number of sulfonamides is 1. The molecule has 0 aliphatic carbocycles. The number of H-pyrrole nitrogens is 1. The molecule has 1 heterocycles. The Labute approximate surface area is 102 Å². The predicted octanol–water partition coefficient (Wildman–Crippen LogP) is 0.675. The quantitative estimate of drug-likeness (QED) is 0.756. The molecule has 98 valence electrons. The third-order valence-corrected chi connectivity index (χ3v) is 3.66. The number of aromatic nitrogens is 2. The van der Waals surface area contributed by atoms with Crippen LogP contribution in [0.15, 0.2) is 11.2 Å². The zero-order valence-electron chi connectivity index (χ0n) is 10.4. The van der Waals surface area contributed by atoms with Crippen LogP contribution in [-0.4, -0.2) is 37.6 Å². The summed E-state index contributed by atoms with van der Waals surface area (Å²) in [5.74, 6) is 0.655. The van der Waals surface area contributed by atoms with E-state index in [0.29, 0.717) is 25.5 Å². The molecule has 1 atom stereocenters. The van der Waals surface area contributed by atoms with Gasteiger partial charge in [0, 0.05) is 19.1 Å². The van der Waals surface area contributed by atoms with Gasteiger partial charge in [0.05, 0.1) is 12.8 Å². The normalized spacial score (nSPS) is 13.8. The van der Waals surface area contributed by atoms with Crippen molar-refractivity contribution in [1.29, 1.82) is 0 Å². The highest BCUT2D eigenvalue weighted by atomic mass is 32.2. The molecule has 2 N–H and O–H groups in total. The van der Waals surface area contributed by atoms with Gasteiger partial charge in [-0.15, -0.1) is 0 Å². The number of hydrogen-bond donors (Lipinski definition) is 2. The smallest absolute Gasteiger partial charge is 0.257 e. The molecule has 0 amide bonds. The van der Waals surface area contributed by atoms with Gasteiger partial charge < -0.3 is 9.72 Å². The molecular weight excluding hydrogens is 242 g/mol. The van der Waals surface area contributed by atoms with Crippen LogP contribution in [0.3, 0.4) is 0 Å². The molecule has 1 rings (SSSR count). The SMILES string of the molecule is CCOCC(C)NS(=O)(=O)c1cnc(CC)[nH]1. The van der Waals surface area contributed by atoms with E-state index in [1.165, 1.54) is 6.20 Å². The number of nitrogens with one attached hydrogen (secondary N) is 2. The Balaban J connectivity index is 2.68. The number of hydrogen-bond acceptors (Lipinski definition) is 4. The first-order valence-corrected chi connectivity index (χ1v) is 7.11. The van der Waals surface area contributed by atoms with Crippen molar-refractivity contribution in [1.82, 2.24) is 14.7 Å². The monoisotopic (exact) mass is 261 g/mol. The van der Waals surface area contributed by atoms with Crippen molar-refractivity contribution in [2.75, 3.05) is 13.2 Å². The zero-order chi connectivity index (χ0) is 12.9. The summed E-state index contributed by atoms with van der Waals surface area (Å²) in [5.41, 5.74) is 0. The van der Waals surface area contributed by atoms with Crippen LogP contribution in [0.2, 0.25) is 0 Å². The minimum Gasteiger partial charge on any atom is -0.380 e. The summed E-state index contributed by atoms with van der Waals surface area (Å²) in [6.07, 6.45) is 2.00. The lowest BCUT2D eigenvalue weighted by molar-refractivity contribution is 0.133. The second kappa shape index (κ2) is 6.13. The molecule has 7 heteroatoms. The molecule has 0 aromatic carbocycles. The molecule has 0 fully saturated rings. The third kappa shape index (κ3) is 4.10. The van der Waals surface area contributed by atoms with Gasteiger partial charge in [-0.05, 0) is 13.8 Å². The van der Waals surface area contributed by atoms with Crippen LogP contribution in [0.5, 0.6) is 0 Å². The first-order chi connectivity index (χ1) is 7.99. The highest BCUT2D eigenvalue weighted by Crippen LogP contribution is 2.06. The van der Waals surface area contributed by atoms with Gasteiger partial charge in [0.1, 0.15) is 5.82 Å². The number of nitrogens with zero attached hydrogens (tertiary/aromatic N) is 1. The molecule has 1 aromatic rings. The van der Waals surface area contributed by atoms with E-state index in [1.807, 2.05) is 13.8 Å². The minimum atomic E-state index is -3.53. The van der Waals surface area contributed by atoms with Crippen molar-refractivity contribution in [2.24, 2.45) is 0 Å². The molecule has 0 spiro atoms. The molecule has 0 aliphatic heterocycles. The van der Waals surface area contributed by atoms with Crippen molar-refractivity contribution in [3.05, 3.63) is 12.0 Å². The van der Waals surface area contributed by atoms with E-state index in [-0.39, 0.29) is 11.1 Å². The zero-order valence-corrected chi connectivity index (χ0v) is 11.2. The average Bonchev–Trinajstić information content (AvgIpc) is 2.75. The number of aromatic amines is 1. The maximum Gasteiger partial charge on any atom is 0.257 e. The summed E-state index contributed by atoms with van der Waals surface area (Å²) in [6, 6.07) is -0.270. The van der Waals surface area contributed by atoms with Gasteiger partial charge in [0.25, 0.3) is 10.0 Å². The molecule has 0 bridgehead atoms. The number of imidazole rings is 1. The molecule has 0 saturated carbocycles. The Kier molecular flexibility index (Phi) is 5.10. The van der Waals surface area contributed by atoms with E-state index >= 15 is 0 Å². The Morgan fingerprint density at radius 3 is 2.76 bits per heavy atom. The van der Waals surface area contributed by atoms with E-state index in [9.17, 15) is 8.42 Å². The van der Waals surface area contributed by atoms with Crippen molar-refractivity contribution < 1.29 is 13.2 Å². The van der Waals surface area contributed by atoms with E-state index in [2.05, 4.69) is 14.7 Å². The van der Waals surface area contributed by atoms with Crippen molar-refractivity contribution in [3.8, 4) is 0 Å². The first-order valence-electron chi connectivity index (χ1n) is 5.63. The lowest BCUT2D eigenvalue weighted by Gasteiger charge is -2.12. The summed E-state index contributed by atoms with van der Waals surface area (Å²) in [5, 5.41) is 0.0951. The van der Waals surface area contributed by atoms with E-state index in [1.54, 1.807) is 6.92 Å². The second-order valence-electron chi connectivity index (χ2n) is 3.73. The lowest BCUT2D eigenvalue weighted by Crippen LogP contribution is -2.36. The van der Waals surface area contributed by atoms with Crippen LogP contribution in [-0.2, 0) is 21.2 Å².